The number of carboxylic acids is 4. The van der Waals surface area contributed by atoms with E-state index in [9.17, 15) is 49.2 Å². The van der Waals surface area contributed by atoms with E-state index in [-0.39, 0.29) is 94.9 Å². The van der Waals surface area contributed by atoms with Crippen molar-refractivity contribution in [1.29, 1.82) is 0 Å². The Morgan fingerprint density at radius 3 is 1.30 bits per heavy atom. The van der Waals surface area contributed by atoms with Gasteiger partial charge >= 0.3 is 71.1 Å². The number of thioether (sulfide) groups is 2. The summed E-state index contributed by atoms with van der Waals surface area (Å²) in [5.74, 6) is -7.84. The Hall–Kier alpha value is -1.08. The summed E-state index contributed by atoms with van der Waals surface area (Å²) in [6.45, 7) is 2.95. The van der Waals surface area contributed by atoms with E-state index in [0.717, 1.165) is 33.3 Å². The van der Waals surface area contributed by atoms with Gasteiger partial charge in [0.1, 0.15) is 0 Å². The molecule has 4 N–H and O–H groups in total. The van der Waals surface area contributed by atoms with Gasteiger partial charge in [-0.3, -0.25) is 19.2 Å². The summed E-state index contributed by atoms with van der Waals surface area (Å²) in [6, 6.07) is -0.812. The van der Waals surface area contributed by atoms with Crippen molar-refractivity contribution in [2.75, 3.05) is 11.5 Å². The Balaban J connectivity index is 0.000000381. The molecule has 0 aromatic rings. The Kier molecular flexibility index (Phi) is 13.8. The third kappa shape index (κ3) is 7.27. The van der Waals surface area contributed by atoms with Crippen molar-refractivity contribution in [3.8, 4) is 0 Å². The van der Waals surface area contributed by atoms with Gasteiger partial charge in [-0.15, -0.1) is 23.5 Å². The Bertz CT molecular complexity index is 1070. The quantitative estimate of drug-likeness (QED) is 0.131. The summed E-state index contributed by atoms with van der Waals surface area (Å²) in [7, 11) is 0. The molecule has 2 amide bonds. The van der Waals surface area contributed by atoms with Gasteiger partial charge in [-0.2, -0.15) is 0 Å². The van der Waals surface area contributed by atoms with E-state index in [0.29, 0.717) is 9.81 Å². The first kappa shape index (κ1) is 36.9. The van der Waals surface area contributed by atoms with Crippen LogP contribution in [0.2, 0.25) is 0 Å². The van der Waals surface area contributed by atoms with E-state index >= 15 is 0 Å². The Labute approximate surface area is 280 Å². The number of aliphatic hydroxyl groups excluding tert-OH is 2. The monoisotopic (exact) mass is 618 g/mol. The molecule has 2 fully saturated rings. The average molecular weight is 619 g/mol. The van der Waals surface area contributed by atoms with E-state index < -0.39 is 71.8 Å². The SMILES string of the molecule is C[C@H](O)[C@H]1C(=O)N2C(C(=O)[O-])=C(SCC(=O)O)C[C@H]12.C[C@H](O)[C@H]1C(=O)N2C(C(=O)[O-])=C(SCC(=O)O)C[C@H]12.[Na+].[Na+]. The largest absolute Gasteiger partial charge is 1.00 e. The van der Waals surface area contributed by atoms with Gasteiger partial charge in [0.25, 0.3) is 0 Å². The van der Waals surface area contributed by atoms with Crippen LogP contribution < -0.4 is 69.3 Å². The molecule has 0 aromatic heterocycles. The maximum atomic E-state index is 11.8. The molecule has 14 nitrogen and oxygen atoms in total. The van der Waals surface area contributed by atoms with Gasteiger partial charge < -0.3 is 50.0 Å². The van der Waals surface area contributed by atoms with E-state index in [2.05, 4.69) is 0 Å². The molecular formula is C22H24N2Na2O12S2. The minimum atomic E-state index is -1.49. The van der Waals surface area contributed by atoms with E-state index in [4.69, 9.17) is 10.2 Å². The summed E-state index contributed by atoms with van der Waals surface area (Å²) in [4.78, 5) is 69.6. The zero-order chi connectivity index (χ0) is 28.6. The third-order valence-corrected chi connectivity index (χ3v) is 8.70. The average Bonchev–Trinajstić information content (AvgIpc) is 3.29. The summed E-state index contributed by atoms with van der Waals surface area (Å²) in [6.07, 6.45) is -1.22. The number of β-lactam (4-membered cyclic amide) rings is 2. The van der Waals surface area contributed by atoms with E-state index in [1.54, 1.807) is 0 Å². The minimum Gasteiger partial charge on any atom is -0.543 e. The van der Waals surface area contributed by atoms with Crippen LogP contribution in [-0.4, -0.2) is 102 Å². The summed E-state index contributed by atoms with van der Waals surface area (Å²) in [5.41, 5.74) is -0.503. The zero-order valence-electron chi connectivity index (χ0n) is 22.1. The van der Waals surface area contributed by atoms with Crippen LogP contribution in [0.4, 0.5) is 0 Å². The van der Waals surface area contributed by atoms with Crippen molar-refractivity contribution in [2.24, 2.45) is 11.8 Å². The summed E-state index contributed by atoms with van der Waals surface area (Å²) < 4.78 is 0. The van der Waals surface area contributed by atoms with Crippen molar-refractivity contribution in [1.82, 2.24) is 9.80 Å². The van der Waals surface area contributed by atoms with Crippen LogP contribution in [0.25, 0.3) is 0 Å². The second-order valence-electron chi connectivity index (χ2n) is 8.98. The number of carbonyl (C=O) groups is 6. The predicted octanol–water partition coefficient (Wildman–Crippen LogP) is -9.24. The molecule has 4 aliphatic heterocycles. The molecule has 0 unspecified atom stereocenters. The van der Waals surface area contributed by atoms with Crippen molar-refractivity contribution >= 4 is 59.2 Å². The molecule has 18 heteroatoms. The van der Waals surface area contributed by atoms with Crippen LogP contribution in [0.15, 0.2) is 21.2 Å². The Morgan fingerprint density at radius 1 is 0.775 bits per heavy atom. The number of rotatable bonds is 10. The molecular weight excluding hydrogens is 594 g/mol. The number of aliphatic carboxylic acids is 4. The molecule has 0 spiro atoms. The first-order chi connectivity index (χ1) is 17.7. The van der Waals surface area contributed by atoms with Gasteiger partial charge in [0.15, 0.2) is 0 Å². The molecule has 208 valence electrons. The molecule has 0 aliphatic carbocycles. The standard InChI is InChI=1S/2C11H13NO6S.2Na/c2*1-4(13)8-5-2-6(19-3-7(14)15)9(11(17)18)12(5)10(8)16;;/h2*4-5,8,13H,2-3H2,1H3,(H,14,15)(H,17,18);;/q;;2*+1/p-2/t2*4-,5+,8+;;/m00../s1. The fraction of sp³-hybridized carbons (Fsp3) is 0.545. The first-order valence-corrected chi connectivity index (χ1v) is 13.3. The fourth-order valence-electron chi connectivity index (χ4n) is 5.00. The number of nitrogens with zero attached hydrogens (tertiary/aromatic N) is 2. The summed E-state index contributed by atoms with van der Waals surface area (Å²) >= 11 is 1.75. The van der Waals surface area contributed by atoms with Crippen molar-refractivity contribution in [3.05, 3.63) is 21.2 Å². The topological polar surface area (TPSA) is 236 Å². The molecule has 2 saturated heterocycles. The molecule has 0 aromatic carbocycles. The van der Waals surface area contributed by atoms with Crippen LogP contribution in [0.3, 0.4) is 0 Å². The van der Waals surface area contributed by atoms with Crippen molar-refractivity contribution in [3.63, 3.8) is 0 Å². The molecule has 0 saturated carbocycles. The van der Waals surface area contributed by atoms with E-state index in [1.165, 1.54) is 13.8 Å². The fourth-order valence-corrected chi connectivity index (χ4v) is 6.81. The number of fused-ring (bicyclic) bond motifs is 2. The number of carboxylic acid groups (broad SMARTS) is 4. The molecule has 6 atom stereocenters. The van der Waals surface area contributed by atoms with Gasteiger partial charge in [0, 0.05) is 22.7 Å². The van der Waals surface area contributed by atoms with Crippen molar-refractivity contribution < 1.29 is 119 Å². The van der Waals surface area contributed by atoms with Crippen LogP contribution >= 0.6 is 23.5 Å². The molecule has 0 bridgehead atoms. The number of amides is 2. The normalized spacial score (nSPS) is 25.7. The Morgan fingerprint density at radius 2 is 1.07 bits per heavy atom. The number of carbonyl (C=O) groups excluding carboxylic acids is 4. The van der Waals surface area contributed by atoms with Gasteiger partial charge in [0.2, 0.25) is 11.8 Å². The smallest absolute Gasteiger partial charge is 0.543 e. The van der Waals surface area contributed by atoms with Gasteiger partial charge in [-0.1, -0.05) is 0 Å². The van der Waals surface area contributed by atoms with Gasteiger partial charge in [-0.05, 0) is 13.8 Å². The third-order valence-electron chi connectivity index (χ3n) is 6.50. The molecule has 4 aliphatic rings. The zero-order valence-corrected chi connectivity index (χ0v) is 27.7. The predicted molar refractivity (Wildman–Crippen MR) is 125 cm³/mol. The minimum absolute atomic E-state index is 0. The summed E-state index contributed by atoms with van der Waals surface area (Å²) in [5, 5.41) is 58.4. The van der Waals surface area contributed by atoms with Crippen molar-refractivity contribution in [2.45, 2.75) is 51.0 Å². The second-order valence-corrected chi connectivity index (χ2v) is 11.1. The van der Waals surface area contributed by atoms with E-state index in [1.807, 2.05) is 0 Å². The molecule has 0 radical (unpaired) electrons. The maximum absolute atomic E-state index is 11.8. The van der Waals surface area contributed by atoms with Crippen LogP contribution in [0.5, 0.6) is 0 Å². The maximum Gasteiger partial charge on any atom is 1.00 e. The van der Waals surface area contributed by atoms with Crippen LogP contribution in [-0.2, 0) is 28.8 Å². The molecule has 4 heterocycles. The number of hydrogen-bond acceptors (Lipinski definition) is 12. The number of aliphatic hydroxyl groups is 2. The second kappa shape index (κ2) is 14.9. The molecule has 40 heavy (non-hydrogen) atoms. The van der Waals surface area contributed by atoms with Gasteiger partial charge in [0.05, 0.1) is 71.0 Å². The first-order valence-electron chi connectivity index (χ1n) is 11.3. The van der Waals surface area contributed by atoms with Gasteiger partial charge in [-0.25, -0.2) is 0 Å². The number of hydrogen-bond donors (Lipinski definition) is 4. The van der Waals surface area contributed by atoms with Crippen LogP contribution in [0.1, 0.15) is 26.7 Å². The molecule has 4 rings (SSSR count). The van der Waals surface area contributed by atoms with Crippen LogP contribution in [0, 0.1) is 11.8 Å².